The molecule has 0 bridgehead atoms. The van der Waals surface area contributed by atoms with Gasteiger partial charge in [-0.2, -0.15) is 0 Å². The molecule has 0 radical (unpaired) electrons. The molecule has 2 saturated heterocycles. The van der Waals surface area contributed by atoms with Crippen molar-refractivity contribution in [3.05, 3.63) is 0 Å². The molecule has 2 heterocycles. The Balaban J connectivity index is 1.60. The Hall–Kier alpha value is -1.34. The predicted molar refractivity (Wildman–Crippen MR) is 103 cm³/mol. The lowest BCUT2D eigenvalue weighted by Crippen LogP contribution is -2.50. The van der Waals surface area contributed by atoms with E-state index in [9.17, 15) is 4.79 Å². The van der Waals surface area contributed by atoms with Crippen LogP contribution in [0, 0.1) is 5.92 Å². The van der Waals surface area contributed by atoms with Gasteiger partial charge in [-0.3, -0.25) is 14.7 Å². The van der Waals surface area contributed by atoms with Crippen molar-refractivity contribution in [2.24, 2.45) is 16.6 Å². The van der Waals surface area contributed by atoms with Gasteiger partial charge in [0.25, 0.3) is 0 Å². The number of primary amides is 1. The molecular weight excluding hydrogens is 316 g/mol. The van der Waals surface area contributed by atoms with Crippen molar-refractivity contribution in [3.8, 4) is 0 Å². The normalized spacial score (nSPS) is 22.1. The third-order valence-electron chi connectivity index (χ3n) is 5.53. The zero-order valence-electron chi connectivity index (χ0n) is 16.0. The van der Waals surface area contributed by atoms with Crippen LogP contribution in [0.3, 0.4) is 0 Å². The number of amides is 1. The molecule has 2 rings (SSSR count). The van der Waals surface area contributed by atoms with Crippen molar-refractivity contribution in [1.29, 1.82) is 0 Å². The van der Waals surface area contributed by atoms with Crippen molar-refractivity contribution in [2.75, 3.05) is 52.9 Å². The van der Waals surface area contributed by atoms with Gasteiger partial charge in [0.05, 0.1) is 6.54 Å². The van der Waals surface area contributed by atoms with Crippen molar-refractivity contribution >= 4 is 11.9 Å². The molecule has 0 aliphatic carbocycles. The van der Waals surface area contributed by atoms with Gasteiger partial charge in [0.1, 0.15) is 0 Å². The molecule has 0 atom stereocenters. The highest BCUT2D eigenvalue weighted by atomic mass is 16.1. The van der Waals surface area contributed by atoms with E-state index in [2.05, 4.69) is 32.3 Å². The quantitative estimate of drug-likeness (QED) is 0.451. The highest BCUT2D eigenvalue weighted by Crippen LogP contribution is 2.19. The van der Waals surface area contributed by atoms with E-state index in [1.54, 1.807) is 0 Å². The monoisotopic (exact) mass is 352 g/mol. The Kier molecular flexibility index (Phi) is 8.48. The lowest BCUT2D eigenvalue weighted by Gasteiger charge is -2.33. The van der Waals surface area contributed by atoms with Crippen LogP contribution in [-0.4, -0.2) is 80.6 Å². The van der Waals surface area contributed by atoms with Gasteiger partial charge in [-0.1, -0.05) is 6.92 Å². The topological polar surface area (TPSA) is 86.0 Å². The fourth-order valence-electron chi connectivity index (χ4n) is 3.83. The highest BCUT2D eigenvalue weighted by molar-refractivity contribution is 5.80. The number of nitrogens with zero attached hydrogens (tertiary/aromatic N) is 3. The maximum atomic E-state index is 11.0. The average molecular weight is 353 g/mol. The minimum Gasteiger partial charge on any atom is -0.369 e. The zero-order chi connectivity index (χ0) is 18.1. The number of aliphatic imine (C=N–C) groups is 1. The molecule has 7 heteroatoms. The van der Waals surface area contributed by atoms with E-state index in [0.29, 0.717) is 12.6 Å². The van der Waals surface area contributed by atoms with Crippen LogP contribution in [0.4, 0.5) is 0 Å². The molecule has 0 unspecified atom stereocenters. The molecule has 25 heavy (non-hydrogen) atoms. The summed E-state index contributed by atoms with van der Waals surface area (Å²) in [5.74, 6) is 1.50. The molecule has 2 aliphatic rings. The first-order chi connectivity index (χ1) is 12.1. The van der Waals surface area contributed by atoms with Gasteiger partial charge in [0, 0.05) is 32.7 Å². The summed E-state index contributed by atoms with van der Waals surface area (Å²) in [6.45, 7) is 9.10. The van der Waals surface area contributed by atoms with Crippen molar-refractivity contribution in [3.63, 3.8) is 0 Å². The summed E-state index contributed by atoms with van der Waals surface area (Å²) in [4.78, 5) is 20.0. The fraction of sp³-hybridized carbons (Fsp3) is 0.889. The molecule has 4 N–H and O–H groups in total. The highest BCUT2D eigenvalue weighted by Gasteiger charge is 2.21. The summed E-state index contributed by atoms with van der Waals surface area (Å²) >= 11 is 0. The van der Waals surface area contributed by atoms with Crippen LogP contribution < -0.4 is 16.4 Å². The minimum absolute atomic E-state index is 0.242. The number of guanidine groups is 1. The Bertz CT molecular complexity index is 425. The molecule has 144 valence electrons. The van der Waals surface area contributed by atoms with E-state index in [1.165, 1.54) is 38.9 Å². The number of nitrogens with one attached hydrogen (secondary N) is 2. The maximum absolute atomic E-state index is 11.0. The van der Waals surface area contributed by atoms with Gasteiger partial charge >= 0.3 is 0 Å². The van der Waals surface area contributed by atoms with E-state index in [4.69, 9.17) is 5.73 Å². The molecular formula is C18H36N6O. The SMILES string of the molecule is CCN1CCC(CCNC(=NC)NC2CCN(CC(N)=O)CC2)CC1. The average Bonchev–Trinajstić information content (AvgIpc) is 2.62. The molecule has 2 fully saturated rings. The van der Waals surface area contributed by atoms with Crippen LogP contribution in [0.5, 0.6) is 0 Å². The van der Waals surface area contributed by atoms with Crippen LogP contribution in [0.25, 0.3) is 0 Å². The van der Waals surface area contributed by atoms with Gasteiger partial charge in [0.2, 0.25) is 5.91 Å². The molecule has 2 aliphatic heterocycles. The Morgan fingerprint density at radius 2 is 1.76 bits per heavy atom. The number of carbonyl (C=O) groups excluding carboxylic acids is 1. The van der Waals surface area contributed by atoms with Crippen LogP contribution in [0.2, 0.25) is 0 Å². The lowest BCUT2D eigenvalue weighted by molar-refractivity contribution is -0.119. The van der Waals surface area contributed by atoms with E-state index in [1.807, 2.05) is 7.05 Å². The van der Waals surface area contributed by atoms with Gasteiger partial charge in [-0.25, -0.2) is 0 Å². The second kappa shape index (κ2) is 10.6. The number of rotatable bonds is 7. The number of likely N-dealkylation sites (tertiary alicyclic amines) is 2. The molecule has 0 aromatic heterocycles. The first-order valence-corrected chi connectivity index (χ1v) is 9.81. The summed E-state index contributed by atoms with van der Waals surface area (Å²) in [7, 11) is 1.83. The van der Waals surface area contributed by atoms with Gasteiger partial charge in [-0.15, -0.1) is 0 Å². The van der Waals surface area contributed by atoms with Crippen molar-refractivity contribution < 1.29 is 4.79 Å². The number of hydrogen-bond acceptors (Lipinski definition) is 4. The van der Waals surface area contributed by atoms with Gasteiger partial charge in [0.15, 0.2) is 5.96 Å². The first kappa shape index (κ1) is 20.0. The second-order valence-corrected chi connectivity index (χ2v) is 7.33. The van der Waals surface area contributed by atoms with Gasteiger partial charge < -0.3 is 21.3 Å². The first-order valence-electron chi connectivity index (χ1n) is 9.81. The summed E-state index contributed by atoms with van der Waals surface area (Å²) in [6, 6.07) is 0.420. The van der Waals surface area contributed by atoms with Crippen molar-refractivity contribution in [1.82, 2.24) is 20.4 Å². The minimum atomic E-state index is -0.242. The summed E-state index contributed by atoms with van der Waals surface area (Å²) in [5.41, 5.74) is 5.26. The molecule has 0 aromatic carbocycles. The zero-order valence-corrected chi connectivity index (χ0v) is 16.0. The van der Waals surface area contributed by atoms with Crippen LogP contribution >= 0.6 is 0 Å². The molecule has 0 aromatic rings. The smallest absolute Gasteiger partial charge is 0.231 e. The number of nitrogens with two attached hydrogens (primary N) is 1. The molecule has 0 saturated carbocycles. The maximum Gasteiger partial charge on any atom is 0.231 e. The standard InChI is InChI=1S/C18H36N6O/c1-3-23-10-5-15(6-11-23)4-9-21-18(20-2)22-16-7-12-24(13-8-16)14-17(19)25/h15-16H,3-14H2,1-2H3,(H2,19,25)(H2,20,21,22). The van der Waals surface area contributed by atoms with Gasteiger partial charge in [-0.05, 0) is 57.7 Å². The number of hydrogen-bond donors (Lipinski definition) is 3. The Morgan fingerprint density at radius 3 is 2.32 bits per heavy atom. The second-order valence-electron chi connectivity index (χ2n) is 7.33. The lowest BCUT2D eigenvalue weighted by atomic mass is 9.93. The number of carbonyl (C=O) groups is 1. The summed E-state index contributed by atoms with van der Waals surface area (Å²) in [5, 5.41) is 6.99. The largest absolute Gasteiger partial charge is 0.369 e. The van der Waals surface area contributed by atoms with Crippen LogP contribution in [0.15, 0.2) is 4.99 Å². The number of piperidine rings is 2. The van der Waals surface area contributed by atoms with E-state index < -0.39 is 0 Å². The Morgan fingerprint density at radius 1 is 1.12 bits per heavy atom. The fourth-order valence-corrected chi connectivity index (χ4v) is 3.83. The summed E-state index contributed by atoms with van der Waals surface area (Å²) < 4.78 is 0. The van der Waals surface area contributed by atoms with E-state index in [-0.39, 0.29) is 5.91 Å². The molecule has 1 amide bonds. The summed E-state index contributed by atoms with van der Waals surface area (Å²) in [6.07, 6.45) is 5.89. The third kappa shape index (κ3) is 7.20. The van der Waals surface area contributed by atoms with E-state index in [0.717, 1.165) is 44.4 Å². The third-order valence-corrected chi connectivity index (χ3v) is 5.53. The van der Waals surface area contributed by atoms with Crippen LogP contribution in [-0.2, 0) is 4.79 Å². The van der Waals surface area contributed by atoms with Crippen LogP contribution in [0.1, 0.15) is 39.0 Å². The molecule has 7 nitrogen and oxygen atoms in total. The predicted octanol–water partition coefficient (Wildman–Crippen LogP) is 0.223. The van der Waals surface area contributed by atoms with E-state index >= 15 is 0 Å². The Labute approximate surface area is 152 Å². The molecule has 0 spiro atoms. The van der Waals surface area contributed by atoms with Crippen molar-refractivity contribution in [2.45, 2.75) is 45.1 Å².